The summed E-state index contributed by atoms with van der Waals surface area (Å²) in [7, 11) is 1.44. The lowest BCUT2D eigenvalue weighted by molar-refractivity contribution is 0.0690. The van der Waals surface area contributed by atoms with Gasteiger partial charge in [-0.2, -0.15) is 5.10 Å². The molecule has 0 saturated heterocycles. The van der Waals surface area contributed by atoms with E-state index in [0.717, 1.165) is 10.0 Å². The minimum atomic E-state index is -1.11. The number of halogens is 1. The third-order valence-corrected chi connectivity index (χ3v) is 3.57. The molecule has 2 rings (SSSR count). The average Bonchev–Trinajstić information content (AvgIpc) is 2.83. The second-order valence-electron chi connectivity index (χ2n) is 3.88. The highest BCUT2D eigenvalue weighted by molar-refractivity contribution is 9.10. The molecule has 0 atom stereocenters. The van der Waals surface area contributed by atoms with Crippen LogP contribution in [0.2, 0.25) is 0 Å². The van der Waals surface area contributed by atoms with Crippen LogP contribution >= 0.6 is 15.9 Å². The molecule has 0 saturated carbocycles. The van der Waals surface area contributed by atoms with Crippen LogP contribution in [-0.2, 0) is 0 Å². The molecular weight excluding hydrogens is 316 g/mol. The Morgan fingerprint density at radius 3 is 2.68 bits per heavy atom. The summed E-state index contributed by atoms with van der Waals surface area (Å²) in [6.45, 7) is 1.79. The molecule has 0 radical (unpaired) electrons. The number of methoxy groups -OCH3 is 1. The number of phenolic OH excluding ortho intramolecular Hbond substituents is 1. The monoisotopic (exact) mass is 326 g/mol. The fourth-order valence-electron chi connectivity index (χ4n) is 1.74. The Labute approximate surface area is 117 Å². The number of hydrogen-bond acceptors (Lipinski definition) is 4. The summed E-state index contributed by atoms with van der Waals surface area (Å²) in [5, 5.41) is 25.3. The van der Waals surface area contributed by atoms with Gasteiger partial charge < -0.3 is 14.9 Å². The maximum Gasteiger partial charge on any atom is 0.353 e. The van der Waals surface area contributed by atoms with Crippen LogP contribution in [0.3, 0.4) is 0 Å². The normalized spacial score (nSPS) is 10.5. The standard InChI is InChI=1S/C12H11BrN2O4/c1-5-6(13)3-9(19-2)11(16)10(5)7-4-8(12(17)18)15-14-7/h3-4,16H,1-2H3,(H,14,15)(H,17,18). The number of carboxylic acids is 1. The van der Waals surface area contributed by atoms with Gasteiger partial charge in [-0.3, -0.25) is 5.10 Å². The van der Waals surface area contributed by atoms with Crippen LogP contribution < -0.4 is 4.74 Å². The number of hydrogen-bond donors (Lipinski definition) is 3. The van der Waals surface area contributed by atoms with Crippen molar-refractivity contribution in [2.24, 2.45) is 0 Å². The van der Waals surface area contributed by atoms with Crippen LogP contribution in [-0.4, -0.2) is 33.5 Å². The first-order chi connectivity index (χ1) is 8.95. The van der Waals surface area contributed by atoms with Crippen molar-refractivity contribution in [2.45, 2.75) is 6.92 Å². The summed E-state index contributed by atoms with van der Waals surface area (Å²) in [4.78, 5) is 10.8. The Kier molecular flexibility index (Phi) is 3.48. The molecule has 0 unspecified atom stereocenters. The van der Waals surface area contributed by atoms with Gasteiger partial charge >= 0.3 is 5.97 Å². The largest absolute Gasteiger partial charge is 0.504 e. The van der Waals surface area contributed by atoms with Crippen molar-refractivity contribution in [2.75, 3.05) is 7.11 Å². The van der Waals surface area contributed by atoms with E-state index in [1.54, 1.807) is 13.0 Å². The lowest BCUT2D eigenvalue weighted by atomic mass is 10.0. The van der Waals surface area contributed by atoms with Crippen molar-refractivity contribution in [3.8, 4) is 22.8 Å². The van der Waals surface area contributed by atoms with Crippen LogP contribution in [0.25, 0.3) is 11.3 Å². The molecule has 1 aromatic carbocycles. The number of aromatic hydroxyl groups is 1. The van der Waals surface area contributed by atoms with E-state index in [2.05, 4.69) is 26.1 Å². The topological polar surface area (TPSA) is 95.4 Å². The molecule has 0 spiro atoms. The first-order valence-corrected chi connectivity index (χ1v) is 6.10. The van der Waals surface area contributed by atoms with E-state index in [0.29, 0.717) is 11.3 Å². The number of benzene rings is 1. The van der Waals surface area contributed by atoms with E-state index in [1.807, 2.05) is 0 Å². The van der Waals surface area contributed by atoms with Gasteiger partial charge in [0, 0.05) is 4.47 Å². The highest BCUT2D eigenvalue weighted by Crippen LogP contribution is 2.42. The van der Waals surface area contributed by atoms with Gasteiger partial charge in [-0.25, -0.2) is 4.79 Å². The van der Waals surface area contributed by atoms with Gasteiger partial charge in [0.1, 0.15) is 5.69 Å². The van der Waals surface area contributed by atoms with Crippen molar-refractivity contribution in [1.29, 1.82) is 0 Å². The number of nitrogens with one attached hydrogen (secondary N) is 1. The van der Waals surface area contributed by atoms with Gasteiger partial charge in [0.25, 0.3) is 0 Å². The zero-order chi connectivity index (χ0) is 14.2. The molecule has 100 valence electrons. The molecule has 1 aromatic heterocycles. The van der Waals surface area contributed by atoms with Crippen LogP contribution in [0.1, 0.15) is 16.1 Å². The lowest BCUT2D eigenvalue weighted by Crippen LogP contribution is -1.95. The molecule has 0 bridgehead atoms. The van der Waals surface area contributed by atoms with Crippen LogP contribution in [0.4, 0.5) is 0 Å². The van der Waals surface area contributed by atoms with Crippen molar-refractivity contribution >= 4 is 21.9 Å². The molecule has 0 aliphatic heterocycles. The van der Waals surface area contributed by atoms with Gasteiger partial charge in [0.05, 0.1) is 18.4 Å². The van der Waals surface area contributed by atoms with Gasteiger partial charge in [0.15, 0.2) is 11.5 Å². The Morgan fingerprint density at radius 1 is 1.47 bits per heavy atom. The summed E-state index contributed by atoms with van der Waals surface area (Å²) < 4.78 is 5.80. The van der Waals surface area contributed by atoms with Crippen LogP contribution in [0.15, 0.2) is 16.6 Å². The molecule has 2 aromatic rings. The molecule has 0 aliphatic rings. The average molecular weight is 327 g/mol. The molecular formula is C12H11BrN2O4. The molecule has 6 nitrogen and oxygen atoms in total. The zero-order valence-electron chi connectivity index (χ0n) is 10.2. The highest BCUT2D eigenvalue weighted by Gasteiger charge is 2.19. The molecule has 7 heteroatoms. The molecule has 1 heterocycles. The van der Waals surface area contributed by atoms with E-state index >= 15 is 0 Å². The number of carbonyl (C=O) groups is 1. The number of phenols is 1. The van der Waals surface area contributed by atoms with Gasteiger partial charge in [-0.15, -0.1) is 0 Å². The minimum absolute atomic E-state index is 0.0484. The molecule has 0 aliphatic carbocycles. The fraction of sp³-hybridized carbons (Fsp3) is 0.167. The van der Waals surface area contributed by atoms with E-state index in [-0.39, 0.29) is 17.2 Å². The Hall–Kier alpha value is -2.02. The van der Waals surface area contributed by atoms with Crippen molar-refractivity contribution in [1.82, 2.24) is 10.2 Å². The smallest absolute Gasteiger partial charge is 0.353 e. The number of H-pyrrole nitrogens is 1. The number of ether oxygens (including phenoxy) is 1. The second-order valence-corrected chi connectivity index (χ2v) is 4.74. The summed E-state index contributed by atoms with van der Waals surface area (Å²) in [5.74, 6) is -0.906. The SMILES string of the molecule is COc1cc(Br)c(C)c(-c2cc(C(=O)O)[nH]n2)c1O. The minimum Gasteiger partial charge on any atom is -0.504 e. The first-order valence-electron chi connectivity index (χ1n) is 5.30. The molecule has 19 heavy (non-hydrogen) atoms. The van der Waals surface area contributed by atoms with E-state index in [1.165, 1.54) is 13.2 Å². The molecule has 0 fully saturated rings. The quantitative estimate of drug-likeness (QED) is 0.805. The summed E-state index contributed by atoms with van der Waals surface area (Å²) in [6, 6.07) is 3.00. The Bertz CT molecular complexity index is 651. The maximum absolute atomic E-state index is 10.8. The zero-order valence-corrected chi connectivity index (χ0v) is 11.8. The lowest BCUT2D eigenvalue weighted by Gasteiger charge is -2.12. The van der Waals surface area contributed by atoms with Crippen LogP contribution in [0, 0.1) is 6.92 Å². The number of rotatable bonds is 3. The first kappa shape index (κ1) is 13.4. The van der Waals surface area contributed by atoms with Gasteiger partial charge in [0.2, 0.25) is 0 Å². The van der Waals surface area contributed by atoms with Crippen molar-refractivity contribution in [3.05, 3.63) is 27.9 Å². The number of nitrogens with zero attached hydrogens (tertiary/aromatic N) is 1. The Morgan fingerprint density at radius 2 is 2.16 bits per heavy atom. The molecule has 3 N–H and O–H groups in total. The highest BCUT2D eigenvalue weighted by atomic mass is 79.9. The van der Waals surface area contributed by atoms with Gasteiger partial charge in [-0.1, -0.05) is 15.9 Å². The second kappa shape index (κ2) is 4.93. The number of aromatic nitrogens is 2. The molecule has 0 amide bonds. The predicted octanol–water partition coefficient (Wildman–Crippen LogP) is 2.56. The number of carboxylic acid groups (broad SMARTS) is 1. The maximum atomic E-state index is 10.8. The summed E-state index contributed by atoms with van der Waals surface area (Å²) in [5.41, 5.74) is 1.46. The fourth-order valence-corrected chi connectivity index (χ4v) is 2.15. The third-order valence-electron chi connectivity index (χ3n) is 2.75. The number of aromatic amines is 1. The van der Waals surface area contributed by atoms with E-state index in [4.69, 9.17) is 9.84 Å². The van der Waals surface area contributed by atoms with Crippen molar-refractivity contribution in [3.63, 3.8) is 0 Å². The van der Waals surface area contributed by atoms with Crippen LogP contribution in [0.5, 0.6) is 11.5 Å². The van der Waals surface area contributed by atoms with Crippen molar-refractivity contribution < 1.29 is 19.7 Å². The summed E-state index contributed by atoms with van der Waals surface area (Å²) >= 11 is 3.36. The predicted molar refractivity (Wildman–Crippen MR) is 71.6 cm³/mol. The Balaban J connectivity index is 2.66. The third kappa shape index (κ3) is 2.28. The summed E-state index contributed by atoms with van der Waals surface area (Å²) in [6.07, 6.45) is 0. The van der Waals surface area contributed by atoms with Gasteiger partial charge in [-0.05, 0) is 24.6 Å². The number of aromatic carboxylic acids is 1. The van der Waals surface area contributed by atoms with E-state index < -0.39 is 5.97 Å². The van der Waals surface area contributed by atoms with E-state index in [9.17, 15) is 9.90 Å².